The maximum Gasteiger partial charge on any atom is 0.214 e. The maximum absolute atomic E-state index is 11.1. The van der Waals surface area contributed by atoms with Crippen LogP contribution in [0.4, 0.5) is 0 Å². The van der Waals surface area contributed by atoms with E-state index in [1.165, 1.54) is 0 Å². The minimum absolute atomic E-state index is 0.102. The highest BCUT2D eigenvalue weighted by atomic mass is 32.2. The highest BCUT2D eigenvalue weighted by Gasteiger charge is 2.35. The fourth-order valence-electron chi connectivity index (χ4n) is 0.773. The summed E-state index contributed by atoms with van der Waals surface area (Å²) in [4.78, 5) is 0. The fourth-order valence-corrected chi connectivity index (χ4v) is 2.19. The summed E-state index contributed by atoms with van der Waals surface area (Å²) in [6.45, 7) is -0.525. The Bertz CT molecular complexity index is 234. The van der Waals surface area contributed by atoms with Gasteiger partial charge in [-0.2, -0.15) is 0 Å². The zero-order valence-corrected chi connectivity index (χ0v) is 7.42. The Labute approximate surface area is 71.5 Å². The van der Waals surface area contributed by atoms with Crippen LogP contribution in [-0.4, -0.2) is 43.1 Å². The van der Waals surface area contributed by atoms with Crippen molar-refractivity contribution in [1.82, 2.24) is 4.72 Å². The van der Waals surface area contributed by atoms with Gasteiger partial charge in [0.1, 0.15) is 0 Å². The van der Waals surface area contributed by atoms with Crippen LogP contribution in [0.5, 0.6) is 0 Å². The number of aliphatic hydroxyl groups is 2. The molecule has 3 N–H and O–H groups in total. The van der Waals surface area contributed by atoms with E-state index < -0.39 is 22.7 Å². The SMILES string of the molecule is O=S(=O)(NC[C@H](O)CO)C1CC1. The maximum atomic E-state index is 11.1. The van der Waals surface area contributed by atoms with Crippen molar-refractivity contribution < 1.29 is 18.6 Å². The molecule has 0 heterocycles. The van der Waals surface area contributed by atoms with Crippen LogP contribution in [0.2, 0.25) is 0 Å². The molecular formula is C6H13NO4S. The van der Waals surface area contributed by atoms with Gasteiger partial charge in [-0.1, -0.05) is 0 Å². The van der Waals surface area contributed by atoms with Gasteiger partial charge in [0.2, 0.25) is 10.0 Å². The first-order chi connectivity index (χ1) is 5.56. The molecule has 1 atom stereocenters. The Kier molecular flexibility index (Phi) is 3.05. The number of rotatable bonds is 5. The molecule has 5 nitrogen and oxygen atoms in total. The van der Waals surface area contributed by atoms with Crippen LogP contribution < -0.4 is 4.72 Å². The third-order valence-electron chi connectivity index (χ3n) is 1.69. The minimum atomic E-state index is -3.21. The van der Waals surface area contributed by atoms with Crippen LogP contribution in [0.1, 0.15) is 12.8 Å². The molecule has 12 heavy (non-hydrogen) atoms. The molecule has 0 spiro atoms. The predicted octanol–water partition coefficient (Wildman–Crippen LogP) is -1.58. The molecule has 1 aliphatic rings. The average Bonchev–Trinajstić information content (AvgIpc) is 2.82. The van der Waals surface area contributed by atoms with Crippen molar-refractivity contribution in [3.63, 3.8) is 0 Å². The first-order valence-corrected chi connectivity index (χ1v) is 5.38. The average molecular weight is 195 g/mol. The molecule has 0 amide bonds. The van der Waals surface area contributed by atoms with Gasteiger partial charge in [0.25, 0.3) is 0 Å². The first-order valence-electron chi connectivity index (χ1n) is 3.83. The van der Waals surface area contributed by atoms with Gasteiger partial charge in [0, 0.05) is 6.54 Å². The number of nitrogens with one attached hydrogen (secondary N) is 1. The van der Waals surface area contributed by atoms with Gasteiger partial charge >= 0.3 is 0 Å². The monoisotopic (exact) mass is 195 g/mol. The molecule has 1 aliphatic carbocycles. The summed E-state index contributed by atoms with van der Waals surface area (Å²) < 4.78 is 24.5. The third kappa shape index (κ3) is 2.71. The zero-order valence-electron chi connectivity index (χ0n) is 6.60. The van der Waals surface area contributed by atoms with Crippen LogP contribution in [0.25, 0.3) is 0 Å². The van der Waals surface area contributed by atoms with Gasteiger partial charge in [-0.05, 0) is 12.8 Å². The van der Waals surface area contributed by atoms with Crippen molar-refractivity contribution in [3.05, 3.63) is 0 Å². The molecule has 0 radical (unpaired) electrons. The number of sulfonamides is 1. The Morgan fingerprint density at radius 3 is 2.50 bits per heavy atom. The lowest BCUT2D eigenvalue weighted by molar-refractivity contribution is 0.0988. The first kappa shape index (κ1) is 9.91. The minimum Gasteiger partial charge on any atom is -0.394 e. The van der Waals surface area contributed by atoms with E-state index in [4.69, 9.17) is 10.2 Å². The van der Waals surface area contributed by atoms with Crippen molar-refractivity contribution in [2.45, 2.75) is 24.2 Å². The van der Waals surface area contributed by atoms with E-state index in [1.54, 1.807) is 0 Å². The molecule has 0 bridgehead atoms. The smallest absolute Gasteiger partial charge is 0.214 e. The summed E-state index contributed by atoms with van der Waals surface area (Å²) in [5.41, 5.74) is 0. The van der Waals surface area contributed by atoms with Gasteiger partial charge in [0.05, 0.1) is 18.0 Å². The van der Waals surface area contributed by atoms with Gasteiger partial charge in [0.15, 0.2) is 0 Å². The highest BCUT2D eigenvalue weighted by Crippen LogP contribution is 2.27. The number of hydrogen-bond donors (Lipinski definition) is 3. The van der Waals surface area contributed by atoms with Gasteiger partial charge in [-0.3, -0.25) is 0 Å². The van der Waals surface area contributed by atoms with E-state index >= 15 is 0 Å². The van der Waals surface area contributed by atoms with Crippen LogP contribution in [0.15, 0.2) is 0 Å². The lowest BCUT2D eigenvalue weighted by atomic mass is 10.4. The topological polar surface area (TPSA) is 86.6 Å². The molecule has 72 valence electrons. The van der Waals surface area contributed by atoms with E-state index in [1.807, 2.05) is 0 Å². The molecular weight excluding hydrogens is 182 g/mol. The van der Waals surface area contributed by atoms with Crippen molar-refractivity contribution in [2.24, 2.45) is 0 Å². The molecule has 6 heteroatoms. The number of aliphatic hydroxyl groups excluding tert-OH is 2. The summed E-state index contributed by atoms with van der Waals surface area (Å²) in [5.74, 6) is 0. The van der Waals surface area contributed by atoms with Crippen molar-refractivity contribution in [1.29, 1.82) is 0 Å². The second kappa shape index (κ2) is 3.69. The molecule has 0 saturated heterocycles. The Morgan fingerprint density at radius 2 is 2.08 bits per heavy atom. The number of hydrogen-bond acceptors (Lipinski definition) is 4. The van der Waals surface area contributed by atoms with Gasteiger partial charge in [-0.25, -0.2) is 13.1 Å². The Morgan fingerprint density at radius 1 is 1.50 bits per heavy atom. The van der Waals surface area contributed by atoms with Crippen LogP contribution in [0.3, 0.4) is 0 Å². The molecule has 0 aromatic carbocycles. The third-order valence-corrected chi connectivity index (χ3v) is 3.61. The van der Waals surface area contributed by atoms with E-state index in [0.717, 1.165) is 0 Å². The van der Waals surface area contributed by atoms with Crippen LogP contribution in [0, 0.1) is 0 Å². The highest BCUT2D eigenvalue weighted by molar-refractivity contribution is 7.90. The molecule has 0 aliphatic heterocycles. The Hall–Kier alpha value is -0.170. The fraction of sp³-hybridized carbons (Fsp3) is 1.00. The quantitative estimate of drug-likeness (QED) is 0.494. The summed E-state index contributed by atoms with van der Waals surface area (Å²) in [7, 11) is -3.21. The summed E-state index contributed by atoms with van der Waals surface area (Å²) in [6.07, 6.45) is 0.397. The van der Waals surface area contributed by atoms with Gasteiger partial charge < -0.3 is 10.2 Å². The molecule has 1 saturated carbocycles. The second-order valence-corrected chi connectivity index (χ2v) is 4.97. The van der Waals surface area contributed by atoms with Gasteiger partial charge in [-0.15, -0.1) is 0 Å². The van der Waals surface area contributed by atoms with E-state index in [2.05, 4.69) is 4.72 Å². The molecule has 1 rings (SSSR count). The van der Waals surface area contributed by atoms with E-state index in [0.29, 0.717) is 12.8 Å². The second-order valence-electron chi connectivity index (χ2n) is 2.93. The van der Waals surface area contributed by atoms with Crippen LogP contribution >= 0.6 is 0 Å². The molecule has 0 unspecified atom stereocenters. The molecule has 1 fully saturated rings. The summed E-state index contributed by atoms with van der Waals surface area (Å²) >= 11 is 0. The Balaban J connectivity index is 2.30. The van der Waals surface area contributed by atoms with Crippen molar-refractivity contribution in [2.75, 3.05) is 13.2 Å². The van der Waals surface area contributed by atoms with Crippen molar-refractivity contribution in [3.8, 4) is 0 Å². The summed E-state index contributed by atoms with van der Waals surface area (Å²) in [5, 5.41) is 17.0. The lowest BCUT2D eigenvalue weighted by Gasteiger charge is -2.08. The van der Waals surface area contributed by atoms with Crippen molar-refractivity contribution >= 4 is 10.0 Å². The zero-order chi connectivity index (χ0) is 9.19. The lowest BCUT2D eigenvalue weighted by Crippen LogP contribution is -2.35. The molecule has 0 aromatic heterocycles. The van der Waals surface area contributed by atoms with E-state index in [-0.39, 0.29) is 11.8 Å². The molecule has 0 aromatic rings. The largest absolute Gasteiger partial charge is 0.394 e. The standard InChI is InChI=1S/C6H13NO4S/c8-4-5(9)3-7-12(10,11)6-1-2-6/h5-9H,1-4H2/t5-/m0/s1. The van der Waals surface area contributed by atoms with E-state index in [9.17, 15) is 8.42 Å². The summed E-state index contributed by atoms with van der Waals surface area (Å²) in [6, 6.07) is 0. The van der Waals surface area contributed by atoms with Crippen LogP contribution in [-0.2, 0) is 10.0 Å². The normalized spacial score (nSPS) is 20.8. The predicted molar refractivity (Wildman–Crippen MR) is 43.0 cm³/mol.